The fourth-order valence-electron chi connectivity index (χ4n) is 3.31. The van der Waals surface area contributed by atoms with E-state index in [2.05, 4.69) is 113 Å². The molecule has 0 heterocycles. The normalized spacial score (nSPS) is 17.4. The molecule has 3 atom stereocenters. The van der Waals surface area contributed by atoms with Crippen molar-refractivity contribution in [3.8, 4) is 0 Å². The average Bonchev–Trinajstić information content (AvgIpc) is 2.32. The van der Waals surface area contributed by atoms with E-state index in [0.717, 1.165) is 23.7 Å². The van der Waals surface area contributed by atoms with Gasteiger partial charge in [-0.25, -0.2) is 0 Å². The molecule has 0 aromatic rings. The molecule has 0 rings (SSSR count). The first-order valence-corrected chi connectivity index (χ1v) is 10.9. The van der Waals surface area contributed by atoms with Gasteiger partial charge in [0.1, 0.15) is 0 Å². The second-order valence-corrected chi connectivity index (χ2v) is 12.8. The van der Waals surface area contributed by atoms with E-state index in [1.807, 2.05) is 0 Å². The Hall–Kier alpha value is 0.480. The Morgan fingerprint density at radius 3 is 1.17 bits per heavy atom. The van der Waals surface area contributed by atoms with Gasteiger partial charge in [0.15, 0.2) is 0 Å². The van der Waals surface area contributed by atoms with E-state index >= 15 is 0 Å². The maximum atomic E-state index is 3.77. The lowest BCUT2D eigenvalue weighted by Crippen LogP contribution is -2.37. The van der Waals surface area contributed by atoms with Crippen LogP contribution in [0.25, 0.3) is 0 Å². The van der Waals surface area contributed by atoms with Crippen molar-refractivity contribution in [2.75, 3.05) is 0 Å². The molecule has 1 heteroatoms. The van der Waals surface area contributed by atoms with Gasteiger partial charge in [0.2, 0.25) is 0 Å². The standard InChI is InChI=1S/C14H29Br.C9H20/c1-10(2)12(9-13(4,5)6)14(7,8)11(3)15;1-7(2)8(3)9(4,5)6/h10-12H,9H2,1-8H3;7-8H,1-6H3. The van der Waals surface area contributed by atoms with Crippen molar-refractivity contribution in [2.24, 2.45) is 39.9 Å². The lowest BCUT2D eigenvalue weighted by molar-refractivity contribution is 0.105. The number of alkyl halides is 1. The lowest BCUT2D eigenvalue weighted by Gasteiger charge is -2.42. The van der Waals surface area contributed by atoms with Crippen LogP contribution in [0.3, 0.4) is 0 Å². The molecule has 3 unspecified atom stereocenters. The number of halogens is 1. The van der Waals surface area contributed by atoms with Crippen molar-refractivity contribution in [1.82, 2.24) is 0 Å². The van der Waals surface area contributed by atoms with Crippen LogP contribution in [0.4, 0.5) is 0 Å². The zero-order valence-electron chi connectivity index (χ0n) is 19.5. The zero-order chi connectivity index (χ0) is 20.1. The predicted octanol–water partition coefficient (Wildman–Crippen LogP) is 8.83. The highest BCUT2D eigenvalue weighted by Crippen LogP contribution is 2.44. The van der Waals surface area contributed by atoms with E-state index in [1.54, 1.807) is 0 Å². The molecular weight excluding hydrogens is 356 g/mol. The molecule has 0 aliphatic rings. The van der Waals surface area contributed by atoms with Crippen LogP contribution in [0.5, 0.6) is 0 Å². The first-order valence-electron chi connectivity index (χ1n) is 9.98. The molecular formula is C23H49Br. The molecule has 0 spiro atoms. The summed E-state index contributed by atoms with van der Waals surface area (Å²) in [5, 5.41) is 0. The molecule has 0 bridgehead atoms. The summed E-state index contributed by atoms with van der Waals surface area (Å²) >= 11 is 3.77. The van der Waals surface area contributed by atoms with Gasteiger partial charge in [0.25, 0.3) is 0 Å². The van der Waals surface area contributed by atoms with Crippen molar-refractivity contribution >= 4 is 15.9 Å². The zero-order valence-corrected chi connectivity index (χ0v) is 21.1. The molecule has 24 heavy (non-hydrogen) atoms. The molecule has 148 valence electrons. The van der Waals surface area contributed by atoms with Gasteiger partial charge in [-0.2, -0.15) is 0 Å². The second-order valence-electron chi connectivity index (χ2n) is 11.5. The minimum absolute atomic E-state index is 0.363. The van der Waals surface area contributed by atoms with Crippen molar-refractivity contribution < 1.29 is 0 Å². The summed E-state index contributed by atoms with van der Waals surface area (Å²) in [4.78, 5) is 0.569. The number of hydrogen-bond donors (Lipinski definition) is 0. The Labute approximate surface area is 164 Å². The van der Waals surface area contributed by atoms with E-state index in [4.69, 9.17) is 0 Å². The highest BCUT2D eigenvalue weighted by molar-refractivity contribution is 9.09. The molecule has 0 aliphatic heterocycles. The first-order chi connectivity index (χ1) is 10.3. The van der Waals surface area contributed by atoms with Crippen LogP contribution in [-0.2, 0) is 0 Å². The Balaban J connectivity index is 0. The first kappa shape index (κ1) is 26.7. The van der Waals surface area contributed by atoms with Gasteiger partial charge in [-0.05, 0) is 46.3 Å². The summed E-state index contributed by atoms with van der Waals surface area (Å²) < 4.78 is 0. The molecule has 0 amide bonds. The molecule has 0 fully saturated rings. The van der Waals surface area contributed by atoms with Gasteiger partial charge in [-0.15, -0.1) is 0 Å². The molecule has 0 saturated heterocycles. The van der Waals surface area contributed by atoms with Crippen LogP contribution >= 0.6 is 15.9 Å². The highest BCUT2D eigenvalue weighted by atomic mass is 79.9. The monoisotopic (exact) mass is 404 g/mol. The fraction of sp³-hybridized carbons (Fsp3) is 1.00. The second kappa shape index (κ2) is 9.98. The molecule has 0 aromatic heterocycles. The molecule has 0 aliphatic carbocycles. The van der Waals surface area contributed by atoms with Crippen molar-refractivity contribution in [3.63, 3.8) is 0 Å². The maximum absolute atomic E-state index is 3.77. The van der Waals surface area contributed by atoms with Gasteiger partial charge >= 0.3 is 0 Å². The van der Waals surface area contributed by atoms with Crippen LogP contribution in [0, 0.1) is 39.9 Å². The van der Waals surface area contributed by atoms with Gasteiger partial charge in [0.05, 0.1) is 0 Å². The Morgan fingerprint density at radius 1 is 0.667 bits per heavy atom. The third-order valence-corrected chi connectivity index (χ3v) is 7.16. The van der Waals surface area contributed by atoms with Gasteiger partial charge in [-0.3, -0.25) is 0 Å². The minimum Gasteiger partial charge on any atom is -0.0888 e. The highest BCUT2D eigenvalue weighted by Gasteiger charge is 2.37. The Morgan fingerprint density at radius 2 is 1.04 bits per heavy atom. The molecule has 0 N–H and O–H groups in total. The Kier molecular flexibility index (Phi) is 11.1. The Bertz CT molecular complexity index is 323. The topological polar surface area (TPSA) is 0 Å². The number of rotatable bonds is 5. The predicted molar refractivity (Wildman–Crippen MR) is 118 cm³/mol. The largest absolute Gasteiger partial charge is 0.0888 e. The lowest BCUT2D eigenvalue weighted by atomic mass is 9.65. The van der Waals surface area contributed by atoms with Crippen molar-refractivity contribution in [1.29, 1.82) is 0 Å². The maximum Gasteiger partial charge on any atom is 0.0171 e. The minimum atomic E-state index is 0.363. The van der Waals surface area contributed by atoms with E-state index in [9.17, 15) is 0 Å². The van der Waals surface area contributed by atoms with E-state index in [1.165, 1.54) is 6.42 Å². The third-order valence-electron chi connectivity index (χ3n) is 5.98. The van der Waals surface area contributed by atoms with E-state index < -0.39 is 0 Å². The van der Waals surface area contributed by atoms with Crippen LogP contribution < -0.4 is 0 Å². The summed E-state index contributed by atoms with van der Waals surface area (Å²) in [5.41, 5.74) is 1.27. The SMILES string of the molecule is CC(C)C(C)C(C)(C)C.CC(C)C(CC(C)(C)C)C(C)(C)C(C)Br. The smallest absolute Gasteiger partial charge is 0.0171 e. The van der Waals surface area contributed by atoms with E-state index in [0.29, 0.717) is 21.1 Å². The molecule has 0 aromatic carbocycles. The molecule has 0 saturated carbocycles. The van der Waals surface area contributed by atoms with E-state index in [-0.39, 0.29) is 0 Å². The number of hydrogen-bond acceptors (Lipinski definition) is 0. The fourth-order valence-corrected chi connectivity index (χ4v) is 3.65. The summed E-state index contributed by atoms with van der Waals surface area (Å²) in [5.74, 6) is 3.15. The van der Waals surface area contributed by atoms with Crippen LogP contribution in [0.15, 0.2) is 0 Å². The van der Waals surface area contributed by atoms with Crippen LogP contribution in [0.2, 0.25) is 0 Å². The van der Waals surface area contributed by atoms with Gasteiger partial charge in [-0.1, -0.05) is 113 Å². The van der Waals surface area contributed by atoms with Crippen molar-refractivity contribution in [2.45, 2.75) is 108 Å². The summed E-state index contributed by atoms with van der Waals surface area (Å²) in [6.45, 7) is 32.6. The molecule has 0 nitrogen and oxygen atoms in total. The van der Waals surface area contributed by atoms with Crippen LogP contribution in [0.1, 0.15) is 103 Å². The summed E-state index contributed by atoms with van der Waals surface area (Å²) in [7, 11) is 0. The third kappa shape index (κ3) is 10.5. The van der Waals surface area contributed by atoms with Crippen LogP contribution in [-0.4, -0.2) is 4.83 Å². The molecule has 0 radical (unpaired) electrons. The quantitative estimate of drug-likeness (QED) is 0.401. The van der Waals surface area contributed by atoms with Crippen molar-refractivity contribution in [3.05, 3.63) is 0 Å². The average molecular weight is 406 g/mol. The summed E-state index contributed by atoms with van der Waals surface area (Å²) in [6.07, 6.45) is 1.30. The van der Waals surface area contributed by atoms with Gasteiger partial charge < -0.3 is 0 Å². The van der Waals surface area contributed by atoms with Gasteiger partial charge in [0, 0.05) is 4.83 Å². The summed E-state index contributed by atoms with van der Waals surface area (Å²) in [6, 6.07) is 0.